The quantitative estimate of drug-likeness (QED) is 0.529. The van der Waals surface area contributed by atoms with E-state index >= 15 is 0 Å². The molecule has 3 nitrogen and oxygen atoms in total. The third-order valence-electron chi connectivity index (χ3n) is 1.45. The molecule has 1 unspecified atom stereocenters. The molecular formula is C5H8F2O3. The van der Waals surface area contributed by atoms with Crippen molar-refractivity contribution in [1.29, 1.82) is 0 Å². The van der Waals surface area contributed by atoms with Crippen LogP contribution in [0.3, 0.4) is 0 Å². The van der Waals surface area contributed by atoms with E-state index in [9.17, 15) is 8.78 Å². The maximum Gasteiger partial charge on any atom is 0.298 e. The van der Waals surface area contributed by atoms with Gasteiger partial charge in [-0.15, -0.1) is 0 Å². The minimum absolute atomic E-state index is 0.573. The molecule has 1 aliphatic heterocycles. The van der Waals surface area contributed by atoms with Crippen LogP contribution in [0.2, 0.25) is 0 Å². The Kier molecular flexibility index (Phi) is 1.89. The predicted molar refractivity (Wildman–Crippen MR) is 27.8 cm³/mol. The highest BCUT2D eigenvalue weighted by atomic mass is 19.3. The third-order valence-corrected chi connectivity index (χ3v) is 1.45. The van der Waals surface area contributed by atoms with Crippen LogP contribution in [0, 0.1) is 0 Å². The van der Waals surface area contributed by atoms with Gasteiger partial charge in [-0.1, -0.05) is 0 Å². The van der Waals surface area contributed by atoms with E-state index < -0.39 is 31.3 Å². The lowest BCUT2D eigenvalue weighted by Gasteiger charge is -2.13. The summed E-state index contributed by atoms with van der Waals surface area (Å²) in [6.45, 7) is -1.38. The van der Waals surface area contributed by atoms with Gasteiger partial charge in [0.05, 0.1) is 6.61 Å². The lowest BCUT2D eigenvalue weighted by molar-refractivity contribution is -0.0842. The second kappa shape index (κ2) is 2.41. The highest BCUT2D eigenvalue weighted by molar-refractivity contribution is 4.89. The number of halogens is 2. The van der Waals surface area contributed by atoms with Crippen molar-refractivity contribution < 1.29 is 23.7 Å². The van der Waals surface area contributed by atoms with Gasteiger partial charge in [0.2, 0.25) is 0 Å². The molecule has 0 aliphatic carbocycles. The molecular weight excluding hydrogens is 146 g/mol. The van der Waals surface area contributed by atoms with Gasteiger partial charge < -0.3 is 14.9 Å². The Bertz CT molecular complexity index is 128. The first-order valence-electron chi connectivity index (χ1n) is 2.86. The van der Waals surface area contributed by atoms with Crippen LogP contribution in [0.4, 0.5) is 8.78 Å². The molecule has 0 amide bonds. The van der Waals surface area contributed by atoms with Gasteiger partial charge in [-0.3, -0.25) is 0 Å². The first kappa shape index (κ1) is 7.84. The SMILES string of the molecule is OC[C@H]1OCC(F)(F)C1O. The monoisotopic (exact) mass is 154 g/mol. The Hall–Kier alpha value is -0.260. The Balaban J connectivity index is 2.58. The van der Waals surface area contributed by atoms with Crippen molar-refractivity contribution in [3.63, 3.8) is 0 Å². The molecule has 1 rings (SSSR count). The van der Waals surface area contributed by atoms with E-state index in [1.165, 1.54) is 0 Å². The van der Waals surface area contributed by atoms with Gasteiger partial charge in [0, 0.05) is 0 Å². The van der Waals surface area contributed by atoms with Crippen molar-refractivity contribution in [3.05, 3.63) is 0 Å². The molecule has 0 aromatic carbocycles. The molecule has 0 aromatic rings. The van der Waals surface area contributed by atoms with Crippen LogP contribution in [-0.2, 0) is 4.74 Å². The molecule has 5 heteroatoms. The summed E-state index contributed by atoms with van der Waals surface area (Å²) in [5.74, 6) is -3.20. The summed E-state index contributed by atoms with van der Waals surface area (Å²) < 4.78 is 29.0. The Morgan fingerprint density at radius 2 is 2.20 bits per heavy atom. The van der Waals surface area contributed by atoms with E-state index in [0.717, 1.165) is 0 Å². The molecule has 1 aliphatic rings. The molecule has 0 bridgehead atoms. The van der Waals surface area contributed by atoms with Crippen LogP contribution in [-0.4, -0.2) is 41.6 Å². The summed E-state index contributed by atoms with van der Waals surface area (Å²) in [7, 11) is 0. The molecule has 60 valence electrons. The molecule has 2 N–H and O–H groups in total. The van der Waals surface area contributed by atoms with Crippen molar-refractivity contribution >= 4 is 0 Å². The fourth-order valence-corrected chi connectivity index (χ4v) is 0.819. The van der Waals surface area contributed by atoms with Crippen LogP contribution >= 0.6 is 0 Å². The predicted octanol–water partition coefficient (Wildman–Crippen LogP) is -0.626. The molecule has 0 spiro atoms. The topological polar surface area (TPSA) is 49.7 Å². The minimum Gasteiger partial charge on any atom is -0.394 e. The van der Waals surface area contributed by atoms with Crippen molar-refractivity contribution in [1.82, 2.24) is 0 Å². The molecule has 0 saturated carbocycles. The molecule has 2 atom stereocenters. The zero-order chi connectivity index (χ0) is 7.78. The zero-order valence-electron chi connectivity index (χ0n) is 5.13. The average Bonchev–Trinajstić information content (AvgIpc) is 2.10. The van der Waals surface area contributed by atoms with Crippen molar-refractivity contribution in [3.8, 4) is 0 Å². The van der Waals surface area contributed by atoms with E-state index in [0.29, 0.717) is 0 Å². The zero-order valence-corrected chi connectivity index (χ0v) is 5.13. The Labute approximate surface area is 56.2 Å². The fourth-order valence-electron chi connectivity index (χ4n) is 0.819. The molecule has 1 saturated heterocycles. The van der Waals surface area contributed by atoms with Crippen LogP contribution in [0.25, 0.3) is 0 Å². The maximum atomic E-state index is 12.3. The summed E-state index contributed by atoms with van der Waals surface area (Å²) in [5.41, 5.74) is 0. The number of rotatable bonds is 1. The van der Waals surface area contributed by atoms with Crippen molar-refractivity contribution in [2.75, 3.05) is 13.2 Å². The highest BCUT2D eigenvalue weighted by Crippen LogP contribution is 2.29. The normalized spacial score (nSPS) is 38.4. The van der Waals surface area contributed by atoms with Crippen LogP contribution in [0.1, 0.15) is 0 Å². The van der Waals surface area contributed by atoms with Gasteiger partial charge >= 0.3 is 0 Å². The first-order valence-corrected chi connectivity index (χ1v) is 2.86. The Morgan fingerprint density at radius 1 is 1.60 bits per heavy atom. The van der Waals surface area contributed by atoms with Gasteiger partial charge in [-0.05, 0) is 0 Å². The van der Waals surface area contributed by atoms with Crippen LogP contribution in [0.5, 0.6) is 0 Å². The lowest BCUT2D eigenvalue weighted by atomic mass is 10.1. The van der Waals surface area contributed by atoms with E-state index in [1.54, 1.807) is 0 Å². The Morgan fingerprint density at radius 3 is 2.40 bits per heavy atom. The number of alkyl halides is 2. The standard InChI is InChI=1S/C5H8F2O3/c6-5(7)2-10-3(1-8)4(5)9/h3-4,8-9H,1-2H2/t3-,4?/m1/s1. The van der Waals surface area contributed by atoms with Gasteiger partial charge in [-0.25, -0.2) is 8.78 Å². The maximum absolute atomic E-state index is 12.3. The molecule has 1 heterocycles. The average molecular weight is 154 g/mol. The van der Waals surface area contributed by atoms with E-state index in [1.807, 2.05) is 0 Å². The summed E-state index contributed by atoms with van der Waals surface area (Å²) in [6.07, 6.45) is -2.99. The van der Waals surface area contributed by atoms with Crippen LogP contribution < -0.4 is 0 Å². The molecule has 0 aromatic heterocycles. The highest BCUT2D eigenvalue weighted by Gasteiger charge is 2.50. The summed E-state index contributed by atoms with van der Waals surface area (Å²) in [5, 5.41) is 17.0. The second-order valence-electron chi connectivity index (χ2n) is 2.24. The van der Waals surface area contributed by atoms with E-state index in [4.69, 9.17) is 10.2 Å². The summed E-state index contributed by atoms with van der Waals surface area (Å²) in [6, 6.07) is 0. The van der Waals surface area contributed by atoms with E-state index in [-0.39, 0.29) is 0 Å². The van der Waals surface area contributed by atoms with Crippen molar-refractivity contribution in [2.45, 2.75) is 18.1 Å². The lowest BCUT2D eigenvalue weighted by Crippen LogP contribution is -2.37. The number of ether oxygens (including phenoxy) is 1. The summed E-state index contributed by atoms with van der Waals surface area (Å²) in [4.78, 5) is 0. The number of aliphatic hydroxyl groups excluding tert-OH is 2. The molecule has 10 heavy (non-hydrogen) atoms. The molecule has 0 radical (unpaired) electrons. The smallest absolute Gasteiger partial charge is 0.298 e. The summed E-state index contributed by atoms with van der Waals surface area (Å²) >= 11 is 0. The van der Waals surface area contributed by atoms with Gasteiger partial charge in [0.15, 0.2) is 0 Å². The van der Waals surface area contributed by atoms with Gasteiger partial charge in [-0.2, -0.15) is 0 Å². The fraction of sp³-hybridized carbons (Fsp3) is 1.00. The van der Waals surface area contributed by atoms with Gasteiger partial charge in [0.1, 0.15) is 18.8 Å². The largest absolute Gasteiger partial charge is 0.394 e. The van der Waals surface area contributed by atoms with Crippen molar-refractivity contribution in [2.24, 2.45) is 0 Å². The third kappa shape index (κ3) is 1.12. The second-order valence-corrected chi connectivity index (χ2v) is 2.24. The molecule has 1 fully saturated rings. The number of aliphatic hydroxyl groups is 2. The van der Waals surface area contributed by atoms with Crippen LogP contribution in [0.15, 0.2) is 0 Å². The minimum atomic E-state index is -3.20. The number of hydrogen-bond donors (Lipinski definition) is 2. The van der Waals surface area contributed by atoms with Gasteiger partial charge in [0.25, 0.3) is 5.92 Å². The number of hydrogen-bond acceptors (Lipinski definition) is 3. The first-order chi connectivity index (χ1) is 4.58. The van der Waals surface area contributed by atoms with E-state index in [2.05, 4.69) is 4.74 Å².